The molecule has 80 valence electrons. The predicted molar refractivity (Wildman–Crippen MR) is 57.2 cm³/mol. The highest BCUT2D eigenvalue weighted by Crippen LogP contribution is 2.00. The molecule has 1 aromatic heterocycles. The molecule has 4 nitrogen and oxygen atoms in total. The lowest BCUT2D eigenvalue weighted by molar-refractivity contribution is 0.425. The lowest BCUT2D eigenvalue weighted by Crippen LogP contribution is -2.37. The minimum atomic E-state index is 0.174. The predicted octanol–water partition coefficient (Wildman–Crippen LogP) is 1.05. The second-order valence-corrected chi connectivity index (χ2v) is 4.63. The Labute approximate surface area is 85.7 Å². The van der Waals surface area contributed by atoms with Crippen LogP contribution in [0, 0.1) is 6.92 Å². The quantitative estimate of drug-likeness (QED) is 0.786. The van der Waals surface area contributed by atoms with Gasteiger partial charge in [-0.15, -0.1) is 0 Å². The van der Waals surface area contributed by atoms with Crippen molar-refractivity contribution < 1.29 is 0 Å². The SMILES string of the molecule is Cc1nc(CCNC(C)(C)C)n(C)n1. The van der Waals surface area contributed by atoms with Crippen molar-refractivity contribution in [1.82, 2.24) is 20.1 Å². The zero-order valence-corrected chi connectivity index (χ0v) is 9.76. The Kier molecular flexibility index (Phi) is 3.26. The highest BCUT2D eigenvalue weighted by molar-refractivity contribution is 4.91. The molecule has 0 unspecified atom stereocenters. The van der Waals surface area contributed by atoms with Gasteiger partial charge in [0.25, 0.3) is 0 Å². The van der Waals surface area contributed by atoms with Crippen molar-refractivity contribution in [3.05, 3.63) is 11.6 Å². The minimum Gasteiger partial charge on any atom is -0.312 e. The van der Waals surface area contributed by atoms with Gasteiger partial charge in [-0.05, 0) is 27.7 Å². The van der Waals surface area contributed by atoms with E-state index in [2.05, 4.69) is 36.2 Å². The third-order valence-corrected chi connectivity index (χ3v) is 1.96. The van der Waals surface area contributed by atoms with E-state index < -0.39 is 0 Å². The highest BCUT2D eigenvalue weighted by atomic mass is 15.3. The molecule has 0 amide bonds. The summed E-state index contributed by atoms with van der Waals surface area (Å²) < 4.78 is 1.85. The molecule has 14 heavy (non-hydrogen) atoms. The van der Waals surface area contributed by atoms with Crippen molar-refractivity contribution in [2.24, 2.45) is 7.05 Å². The third-order valence-electron chi connectivity index (χ3n) is 1.96. The normalized spacial score (nSPS) is 12.1. The van der Waals surface area contributed by atoms with E-state index in [0.717, 1.165) is 24.6 Å². The maximum atomic E-state index is 4.34. The monoisotopic (exact) mass is 196 g/mol. The molecule has 0 bridgehead atoms. The summed E-state index contributed by atoms with van der Waals surface area (Å²) in [5, 5.41) is 7.63. The fourth-order valence-corrected chi connectivity index (χ4v) is 1.32. The van der Waals surface area contributed by atoms with Gasteiger partial charge in [0.2, 0.25) is 0 Å². The number of nitrogens with one attached hydrogen (secondary N) is 1. The van der Waals surface area contributed by atoms with Gasteiger partial charge < -0.3 is 5.32 Å². The molecule has 0 saturated carbocycles. The molecule has 1 aromatic rings. The molecule has 1 N–H and O–H groups in total. The van der Waals surface area contributed by atoms with E-state index in [0.29, 0.717) is 0 Å². The summed E-state index contributed by atoms with van der Waals surface area (Å²) in [5.41, 5.74) is 0.174. The van der Waals surface area contributed by atoms with Crippen LogP contribution >= 0.6 is 0 Å². The molecule has 1 heterocycles. The van der Waals surface area contributed by atoms with Gasteiger partial charge in [-0.25, -0.2) is 4.98 Å². The Hall–Kier alpha value is -0.900. The molecular weight excluding hydrogens is 176 g/mol. The maximum Gasteiger partial charge on any atom is 0.147 e. The first-order chi connectivity index (χ1) is 6.38. The number of nitrogens with zero attached hydrogens (tertiary/aromatic N) is 3. The van der Waals surface area contributed by atoms with Gasteiger partial charge in [0.1, 0.15) is 11.6 Å². The fraction of sp³-hybridized carbons (Fsp3) is 0.800. The van der Waals surface area contributed by atoms with Crippen LogP contribution in [0.3, 0.4) is 0 Å². The first-order valence-electron chi connectivity index (χ1n) is 5.00. The zero-order valence-electron chi connectivity index (χ0n) is 9.76. The van der Waals surface area contributed by atoms with Crippen molar-refractivity contribution in [3.8, 4) is 0 Å². The first-order valence-corrected chi connectivity index (χ1v) is 5.00. The van der Waals surface area contributed by atoms with Crippen LogP contribution in [0.2, 0.25) is 0 Å². The average molecular weight is 196 g/mol. The van der Waals surface area contributed by atoms with E-state index in [1.54, 1.807) is 0 Å². The topological polar surface area (TPSA) is 42.7 Å². The van der Waals surface area contributed by atoms with E-state index in [-0.39, 0.29) is 5.54 Å². The maximum absolute atomic E-state index is 4.34. The summed E-state index contributed by atoms with van der Waals surface area (Å²) in [7, 11) is 1.94. The molecular formula is C10H20N4. The number of aryl methyl sites for hydroxylation is 2. The Bertz CT molecular complexity index is 296. The molecule has 0 spiro atoms. The standard InChI is InChI=1S/C10H20N4/c1-8-12-9(14(5)13-8)6-7-11-10(2,3)4/h11H,6-7H2,1-5H3. The van der Waals surface area contributed by atoms with E-state index in [1.165, 1.54) is 0 Å². The van der Waals surface area contributed by atoms with Gasteiger partial charge in [0, 0.05) is 25.6 Å². The van der Waals surface area contributed by atoms with Crippen LogP contribution in [0.4, 0.5) is 0 Å². The average Bonchev–Trinajstić information content (AvgIpc) is 2.27. The zero-order chi connectivity index (χ0) is 10.8. The summed E-state index contributed by atoms with van der Waals surface area (Å²) in [4.78, 5) is 4.34. The van der Waals surface area contributed by atoms with E-state index in [1.807, 2.05) is 18.7 Å². The first kappa shape index (κ1) is 11.2. The van der Waals surface area contributed by atoms with Crippen molar-refractivity contribution in [3.63, 3.8) is 0 Å². The van der Waals surface area contributed by atoms with Crippen LogP contribution < -0.4 is 5.32 Å². The highest BCUT2D eigenvalue weighted by Gasteiger charge is 2.09. The summed E-state index contributed by atoms with van der Waals surface area (Å²) in [6.07, 6.45) is 0.925. The molecule has 4 heteroatoms. The van der Waals surface area contributed by atoms with Gasteiger partial charge >= 0.3 is 0 Å². The Balaban J connectivity index is 2.42. The summed E-state index contributed by atoms with van der Waals surface area (Å²) >= 11 is 0. The second kappa shape index (κ2) is 4.09. The van der Waals surface area contributed by atoms with Gasteiger partial charge in [0.05, 0.1) is 0 Å². The molecule has 0 fully saturated rings. The molecule has 0 aromatic carbocycles. The van der Waals surface area contributed by atoms with E-state index >= 15 is 0 Å². The molecule has 0 radical (unpaired) electrons. The van der Waals surface area contributed by atoms with Crippen molar-refractivity contribution >= 4 is 0 Å². The molecule has 1 rings (SSSR count). The second-order valence-electron chi connectivity index (χ2n) is 4.63. The molecule has 0 aliphatic rings. The van der Waals surface area contributed by atoms with Crippen LogP contribution in [-0.2, 0) is 13.5 Å². The number of rotatable bonds is 3. The Morgan fingerprint density at radius 1 is 1.36 bits per heavy atom. The van der Waals surface area contributed by atoms with Gasteiger partial charge in [-0.3, -0.25) is 4.68 Å². The van der Waals surface area contributed by atoms with Crippen molar-refractivity contribution in [2.75, 3.05) is 6.54 Å². The Morgan fingerprint density at radius 3 is 2.43 bits per heavy atom. The van der Waals surface area contributed by atoms with Crippen LogP contribution in [-0.4, -0.2) is 26.8 Å². The van der Waals surface area contributed by atoms with E-state index in [4.69, 9.17) is 0 Å². The number of hydrogen-bond donors (Lipinski definition) is 1. The molecule has 0 aliphatic carbocycles. The lowest BCUT2D eigenvalue weighted by atomic mass is 10.1. The number of hydrogen-bond acceptors (Lipinski definition) is 3. The fourth-order valence-electron chi connectivity index (χ4n) is 1.32. The van der Waals surface area contributed by atoms with Gasteiger partial charge in [-0.2, -0.15) is 5.10 Å². The van der Waals surface area contributed by atoms with Crippen LogP contribution in [0.15, 0.2) is 0 Å². The summed E-state index contributed by atoms with van der Waals surface area (Å²) in [6, 6.07) is 0. The number of aromatic nitrogens is 3. The van der Waals surface area contributed by atoms with Crippen LogP contribution in [0.25, 0.3) is 0 Å². The van der Waals surface area contributed by atoms with Crippen molar-refractivity contribution in [2.45, 2.75) is 39.7 Å². The molecule has 0 saturated heterocycles. The Morgan fingerprint density at radius 2 is 2.00 bits per heavy atom. The minimum absolute atomic E-state index is 0.174. The smallest absolute Gasteiger partial charge is 0.147 e. The van der Waals surface area contributed by atoms with Gasteiger partial charge in [-0.1, -0.05) is 0 Å². The lowest BCUT2D eigenvalue weighted by Gasteiger charge is -2.20. The molecule has 0 aliphatic heterocycles. The van der Waals surface area contributed by atoms with Gasteiger partial charge in [0.15, 0.2) is 0 Å². The summed E-state index contributed by atoms with van der Waals surface area (Å²) in [5.74, 6) is 1.89. The third kappa shape index (κ3) is 3.46. The van der Waals surface area contributed by atoms with Crippen molar-refractivity contribution in [1.29, 1.82) is 0 Å². The van der Waals surface area contributed by atoms with Crippen LogP contribution in [0.5, 0.6) is 0 Å². The largest absolute Gasteiger partial charge is 0.312 e. The summed E-state index contributed by atoms with van der Waals surface area (Å²) in [6.45, 7) is 9.34. The van der Waals surface area contributed by atoms with Crippen LogP contribution in [0.1, 0.15) is 32.4 Å². The van der Waals surface area contributed by atoms with E-state index in [9.17, 15) is 0 Å². The molecule has 0 atom stereocenters.